The summed E-state index contributed by atoms with van der Waals surface area (Å²) < 4.78 is 0. The van der Waals surface area contributed by atoms with Crippen LogP contribution in [0.1, 0.15) is 31.9 Å². The number of aromatic nitrogens is 1. The molecular weight excluding hydrogens is 198 g/mol. The first-order valence-corrected chi connectivity index (χ1v) is 6.19. The molecule has 2 heterocycles. The average Bonchev–Trinajstić information content (AvgIpc) is 2.39. The lowest BCUT2D eigenvalue weighted by molar-refractivity contribution is 0.112. The molecule has 0 radical (unpaired) electrons. The van der Waals surface area contributed by atoms with E-state index in [0.717, 1.165) is 19.6 Å². The van der Waals surface area contributed by atoms with E-state index in [1.165, 1.54) is 12.0 Å². The second-order valence-electron chi connectivity index (χ2n) is 4.46. The Morgan fingerprint density at radius 3 is 2.94 bits per heavy atom. The van der Waals surface area contributed by atoms with Crippen LogP contribution in [-0.4, -0.2) is 35.6 Å². The average molecular weight is 219 g/mol. The molecule has 1 fully saturated rings. The zero-order valence-corrected chi connectivity index (χ0v) is 10.2. The van der Waals surface area contributed by atoms with Crippen molar-refractivity contribution in [2.75, 3.05) is 19.6 Å². The van der Waals surface area contributed by atoms with Gasteiger partial charge in [-0.25, -0.2) is 0 Å². The molecule has 1 saturated heterocycles. The minimum Gasteiger partial charge on any atom is -0.314 e. The van der Waals surface area contributed by atoms with Crippen LogP contribution in [0.2, 0.25) is 0 Å². The number of hydrogen-bond donors (Lipinski definition) is 1. The van der Waals surface area contributed by atoms with Crippen molar-refractivity contribution in [3.63, 3.8) is 0 Å². The van der Waals surface area contributed by atoms with Crippen LogP contribution in [0.15, 0.2) is 24.5 Å². The van der Waals surface area contributed by atoms with Crippen LogP contribution in [0.5, 0.6) is 0 Å². The third-order valence-corrected chi connectivity index (χ3v) is 3.55. The van der Waals surface area contributed by atoms with Crippen molar-refractivity contribution in [2.24, 2.45) is 0 Å². The molecule has 3 heteroatoms. The van der Waals surface area contributed by atoms with E-state index in [-0.39, 0.29) is 0 Å². The van der Waals surface area contributed by atoms with Crippen LogP contribution in [0.3, 0.4) is 0 Å². The van der Waals surface area contributed by atoms with Gasteiger partial charge < -0.3 is 5.32 Å². The first-order valence-electron chi connectivity index (χ1n) is 6.19. The van der Waals surface area contributed by atoms with Gasteiger partial charge in [0.25, 0.3) is 0 Å². The normalized spacial score (nSPS) is 24.2. The highest BCUT2D eigenvalue weighted by Gasteiger charge is 2.25. The molecule has 1 aromatic rings. The van der Waals surface area contributed by atoms with Crippen LogP contribution < -0.4 is 5.32 Å². The molecule has 0 spiro atoms. The van der Waals surface area contributed by atoms with Crippen molar-refractivity contribution in [1.29, 1.82) is 0 Å². The molecule has 1 aromatic heterocycles. The monoisotopic (exact) mass is 219 g/mol. The zero-order chi connectivity index (χ0) is 11.4. The van der Waals surface area contributed by atoms with Gasteiger partial charge in [0.2, 0.25) is 0 Å². The Morgan fingerprint density at radius 2 is 2.25 bits per heavy atom. The maximum atomic E-state index is 4.08. The summed E-state index contributed by atoms with van der Waals surface area (Å²) in [5.41, 5.74) is 1.37. The number of hydrogen-bond acceptors (Lipinski definition) is 3. The smallest absolute Gasteiger partial charge is 0.0325 e. The van der Waals surface area contributed by atoms with Crippen LogP contribution in [0, 0.1) is 0 Å². The molecule has 2 rings (SSSR count). The fraction of sp³-hybridized carbons (Fsp3) is 0.615. The first kappa shape index (κ1) is 11.6. The molecule has 0 bridgehead atoms. The zero-order valence-electron chi connectivity index (χ0n) is 10.2. The summed E-state index contributed by atoms with van der Waals surface area (Å²) in [4.78, 5) is 6.68. The van der Waals surface area contributed by atoms with Gasteiger partial charge in [-0.1, -0.05) is 6.92 Å². The second-order valence-corrected chi connectivity index (χ2v) is 4.46. The van der Waals surface area contributed by atoms with Crippen molar-refractivity contribution >= 4 is 0 Å². The fourth-order valence-corrected chi connectivity index (χ4v) is 2.50. The molecule has 3 nitrogen and oxygen atoms in total. The van der Waals surface area contributed by atoms with Gasteiger partial charge in [0.15, 0.2) is 0 Å². The minimum absolute atomic E-state index is 0.495. The second kappa shape index (κ2) is 5.41. The van der Waals surface area contributed by atoms with Crippen LogP contribution in [0.4, 0.5) is 0 Å². The Kier molecular flexibility index (Phi) is 3.91. The Bertz CT molecular complexity index is 312. The first-order chi connectivity index (χ1) is 7.83. The highest BCUT2D eigenvalue weighted by Crippen LogP contribution is 2.23. The molecule has 0 saturated carbocycles. The van der Waals surface area contributed by atoms with Crippen molar-refractivity contribution in [2.45, 2.75) is 32.4 Å². The highest BCUT2D eigenvalue weighted by molar-refractivity contribution is 5.14. The van der Waals surface area contributed by atoms with Gasteiger partial charge in [-0.05, 0) is 31.0 Å². The van der Waals surface area contributed by atoms with Crippen LogP contribution >= 0.6 is 0 Å². The SMILES string of the molecule is CCC1CNCCN1C(C)c1ccncc1. The topological polar surface area (TPSA) is 28.2 Å². The quantitative estimate of drug-likeness (QED) is 0.840. The summed E-state index contributed by atoms with van der Waals surface area (Å²) in [6.07, 6.45) is 4.98. The van der Waals surface area contributed by atoms with Gasteiger partial charge in [0, 0.05) is 44.1 Å². The molecule has 1 aliphatic heterocycles. The van der Waals surface area contributed by atoms with Crippen molar-refractivity contribution < 1.29 is 0 Å². The molecule has 0 aliphatic carbocycles. The third kappa shape index (κ3) is 2.42. The number of nitrogens with zero attached hydrogens (tertiary/aromatic N) is 2. The molecule has 0 amide bonds. The number of piperazine rings is 1. The van der Waals surface area contributed by atoms with Crippen LogP contribution in [-0.2, 0) is 0 Å². The number of rotatable bonds is 3. The molecule has 16 heavy (non-hydrogen) atoms. The maximum absolute atomic E-state index is 4.08. The van der Waals surface area contributed by atoms with Gasteiger partial charge in [-0.15, -0.1) is 0 Å². The van der Waals surface area contributed by atoms with E-state index in [0.29, 0.717) is 12.1 Å². The van der Waals surface area contributed by atoms with Crippen LogP contribution in [0.25, 0.3) is 0 Å². The van der Waals surface area contributed by atoms with E-state index in [1.807, 2.05) is 12.4 Å². The van der Waals surface area contributed by atoms with E-state index >= 15 is 0 Å². The summed E-state index contributed by atoms with van der Waals surface area (Å²) in [6, 6.07) is 5.41. The van der Waals surface area contributed by atoms with E-state index in [9.17, 15) is 0 Å². The molecule has 2 atom stereocenters. The third-order valence-electron chi connectivity index (χ3n) is 3.55. The van der Waals surface area contributed by atoms with Gasteiger partial charge in [0.05, 0.1) is 0 Å². The summed E-state index contributed by atoms with van der Waals surface area (Å²) in [6.45, 7) is 7.92. The Balaban J connectivity index is 2.10. The molecule has 1 N–H and O–H groups in total. The van der Waals surface area contributed by atoms with E-state index < -0.39 is 0 Å². The van der Waals surface area contributed by atoms with Crippen molar-refractivity contribution in [1.82, 2.24) is 15.2 Å². The number of pyridine rings is 1. The predicted octanol–water partition coefficient (Wildman–Crippen LogP) is 1.83. The molecule has 0 aromatic carbocycles. The van der Waals surface area contributed by atoms with Gasteiger partial charge in [0.1, 0.15) is 0 Å². The lowest BCUT2D eigenvalue weighted by atomic mass is 10.0. The van der Waals surface area contributed by atoms with Gasteiger partial charge in [-0.3, -0.25) is 9.88 Å². The molecule has 2 unspecified atom stereocenters. The fourth-order valence-electron chi connectivity index (χ4n) is 2.50. The molecule has 1 aliphatic rings. The standard InChI is InChI=1S/C13H21N3/c1-3-13-10-15-8-9-16(13)11(2)12-4-6-14-7-5-12/h4-7,11,13,15H,3,8-10H2,1-2H3. The largest absolute Gasteiger partial charge is 0.314 e. The minimum atomic E-state index is 0.495. The van der Waals surface area contributed by atoms with E-state index in [4.69, 9.17) is 0 Å². The maximum Gasteiger partial charge on any atom is 0.0325 e. The lowest BCUT2D eigenvalue weighted by Gasteiger charge is -2.40. The predicted molar refractivity (Wildman–Crippen MR) is 66.3 cm³/mol. The summed E-state index contributed by atoms with van der Waals surface area (Å²) in [7, 11) is 0. The van der Waals surface area contributed by atoms with E-state index in [2.05, 4.69) is 41.2 Å². The summed E-state index contributed by atoms with van der Waals surface area (Å²) in [5, 5.41) is 3.47. The Labute approximate surface area is 97.9 Å². The van der Waals surface area contributed by atoms with E-state index in [1.54, 1.807) is 0 Å². The van der Waals surface area contributed by atoms with Gasteiger partial charge in [-0.2, -0.15) is 0 Å². The Morgan fingerprint density at radius 1 is 1.50 bits per heavy atom. The van der Waals surface area contributed by atoms with Crippen molar-refractivity contribution in [3.8, 4) is 0 Å². The van der Waals surface area contributed by atoms with Crippen molar-refractivity contribution in [3.05, 3.63) is 30.1 Å². The molecular formula is C13H21N3. The Hall–Kier alpha value is -0.930. The van der Waals surface area contributed by atoms with Gasteiger partial charge >= 0.3 is 0 Å². The summed E-state index contributed by atoms with van der Waals surface area (Å²) in [5.74, 6) is 0. The lowest BCUT2D eigenvalue weighted by Crippen LogP contribution is -2.51. The highest BCUT2D eigenvalue weighted by atomic mass is 15.2. The summed E-state index contributed by atoms with van der Waals surface area (Å²) >= 11 is 0. The molecule has 88 valence electrons. The number of nitrogens with one attached hydrogen (secondary N) is 1.